The van der Waals surface area contributed by atoms with Gasteiger partial charge in [0.15, 0.2) is 15.0 Å². The molecule has 4 rings (SSSR count). The van der Waals surface area contributed by atoms with Crippen LogP contribution in [0.25, 0.3) is 0 Å². The predicted molar refractivity (Wildman–Crippen MR) is 99.7 cm³/mol. The van der Waals surface area contributed by atoms with Crippen molar-refractivity contribution in [1.29, 1.82) is 0 Å². The van der Waals surface area contributed by atoms with Gasteiger partial charge in [-0.3, -0.25) is 4.79 Å². The lowest BCUT2D eigenvalue weighted by Gasteiger charge is -2.25. The maximum Gasteiger partial charge on any atom is 0.204 e. The molecule has 6 nitrogen and oxygen atoms in total. The van der Waals surface area contributed by atoms with E-state index in [-0.39, 0.29) is 22.0 Å². The van der Waals surface area contributed by atoms with Gasteiger partial charge in [0.2, 0.25) is 5.78 Å². The van der Waals surface area contributed by atoms with E-state index in [1.165, 1.54) is 23.6 Å². The Morgan fingerprint density at radius 2 is 2.08 bits per heavy atom. The third-order valence-corrected chi connectivity index (χ3v) is 8.38. The molecule has 1 saturated heterocycles. The van der Waals surface area contributed by atoms with Crippen molar-refractivity contribution in [1.82, 2.24) is 4.98 Å². The molecule has 0 bridgehead atoms. The molecule has 138 valence electrons. The van der Waals surface area contributed by atoms with Crippen molar-refractivity contribution in [3.8, 4) is 0 Å². The third kappa shape index (κ3) is 3.17. The average molecular weight is 393 g/mol. The van der Waals surface area contributed by atoms with E-state index in [1.54, 1.807) is 18.2 Å². The van der Waals surface area contributed by atoms with E-state index in [4.69, 9.17) is 0 Å². The second kappa shape index (κ2) is 6.75. The predicted octanol–water partition coefficient (Wildman–Crippen LogP) is 2.27. The van der Waals surface area contributed by atoms with Gasteiger partial charge in [-0.15, -0.1) is 0 Å². The Labute approximate surface area is 156 Å². The maximum absolute atomic E-state index is 12.8. The summed E-state index contributed by atoms with van der Waals surface area (Å²) >= 11 is 1.28. The molecular weight excluding hydrogens is 372 g/mol. The first-order chi connectivity index (χ1) is 12.4. The summed E-state index contributed by atoms with van der Waals surface area (Å²) in [6.45, 7) is 1.24. The number of thiazole rings is 1. The van der Waals surface area contributed by atoms with E-state index >= 15 is 0 Å². The summed E-state index contributed by atoms with van der Waals surface area (Å²) in [5, 5.41) is 10.0. The van der Waals surface area contributed by atoms with Gasteiger partial charge in [0.05, 0.1) is 27.3 Å². The van der Waals surface area contributed by atoms with Crippen LogP contribution in [0.4, 0.5) is 5.13 Å². The van der Waals surface area contributed by atoms with Gasteiger partial charge in [0.1, 0.15) is 0 Å². The van der Waals surface area contributed by atoms with Gasteiger partial charge in [0.25, 0.3) is 0 Å². The lowest BCUT2D eigenvalue weighted by Crippen LogP contribution is -2.28. The highest BCUT2D eigenvalue weighted by Gasteiger charge is 2.33. The van der Waals surface area contributed by atoms with E-state index in [9.17, 15) is 18.3 Å². The number of aliphatic hydroxyl groups is 1. The number of sulfone groups is 1. The van der Waals surface area contributed by atoms with Gasteiger partial charge in [-0.2, -0.15) is 0 Å². The van der Waals surface area contributed by atoms with Crippen LogP contribution in [0.3, 0.4) is 0 Å². The minimum absolute atomic E-state index is 0.223. The number of nitrogens with zero attached hydrogens (tertiary/aromatic N) is 2. The lowest BCUT2D eigenvalue weighted by atomic mass is 10.00. The molecule has 1 aliphatic heterocycles. The minimum Gasteiger partial charge on any atom is -0.391 e. The second-order valence-electron chi connectivity index (χ2n) is 6.85. The standard InChI is InChI=1S/C18H20N2O4S2/c21-13-7-8-20(11-13)18-19-10-16(25-18)17(22)12-3-1-6-15(9-12)26(23,24)14-4-2-5-14/h1,3,6,9-10,13-14,21H,2,4-5,7-8,11H2/t13-/m0/s1. The van der Waals surface area contributed by atoms with Crippen molar-refractivity contribution in [2.24, 2.45) is 0 Å². The zero-order valence-corrected chi connectivity index (χ0v) is 15.8. The van der Waals surface area contributed by atoms with Crippen LogP contribution in [-0.4, -0.2) is 48.7 Å². The molecule has 0 amide bonds. The number of carbonyl (C=O) groups is 1. The number of hydrogen-bond donors (Lipinski definition) is 1. The molecule has 1 atom stereocenters. The van der Waals surface area contributed by atoms with Crippen molar-refractivity contribution in [3.05, 3.63) is 40.9 Å². The number of β-amino-alcohol motifs (C(OH)–C–C–N with tert-alkyl or cyclic N) is 1. The SMILES string of the molecule is O=C(c1cccc(S(=O)(=O)C2CCC2)c1)c1cnc(N2CC[C@H](O)C2)s1. The smallest absolute Gasteiger partial charge is 0.204 e. The van der Waals surface area contributed by atoms with E-state index in [1.807, 2.05) is 4.90 Å². The number of aliphatic hydroxyl groups excluding tert-OH is 1. The van der Waals surface area contributed by atoms with Crippen LogP contribution in [0.5, 0.6) is 0 Å². The maximum atomic E-state index is 12.8. The molecule has 2 heterocycles. The number of aromatic nitrogens is 1. The van der Waals surface area contributed by atoms with Crippen LogP contribution in [-0.2, 0) is 9.84 Å². The molecule has 1 aromatic heterocycles. The monoisotopic (exact) mass is 392 g/mol. The Bertz CT molecular complexity index is 934. The average Bonchev–Trinajstić information content (AvgIpc) is 3.21. The Hall–Kier alpha value is -1.77. The molecule has 26 heavy (non-hydrogen) atoms. The fraction of sp³-hybridized carbons (Fsp3) is 0.444. The summed E-state index contributed by atoms with van der Waals surface area (Å²) < 4.78 is 25.2. The zero-order valence-electron chi connectivity index (χ0n) is 14.2. The van der Waals surface area contributed by atoms with Crippen LogP contribution in [0.2, 0.25) is 0 Å². The normalized spacial score (nSPS) is 21.0. The van der Waals surface area contributed by atoms with Gasteiger partial charge in [0, 0.05) is 18.7 Å². The van der Waals surface area contributed by atoms with E-state index in [0.717, 1.165) is 13.0 Å². The Kier molecular flexibility index (Phi) is 4.58. The number of anilines is 1. The highest BCUT2D eigenvalue weighted by atomic mass is 32.2. The van der Waals surface area contributed by atoms with E-state index < -0.39 is 9.84 Å². The van der Waals surface area contributed by atoms with Gasteiger partial charge < -0.3 is 10.0 Å². The molecule has 2 aliphatic rings. The largest absolute Gasteiger partial charge is 0.391 e. The highest BCUT2D eigenvalue weighted by molar-refractivity contribution is 7.92. The third-order valence-electron chi connectivity index (χ3n) is 5.07. The molecule has 1 aliphatic carbocycles. The second-order valence-corrected chi connectivity index (χ2v) is 10.1. The van der Waals surface area contributed by atoms with Crippen molar-refractivity contribution in [2.45, 2.75) is 41.9 Å². The van der Waals surface area contributed by atoms with Crippen LogP contribution in [0.1, 0.15) is 40.9 Å². The Morgan fingerprint density at radius 1 is 1.27 bits per heavy atom. The van der Waals surface area contributed by atoms with Crippen LogP contribution in [0, 0.1) is 0 Å². The van der Waals surface area contributed by atoms with Crippen molar-refractivity contribution < 1.29 is 18.3 Å². The number of benzene rings is 1. The minimum atomic E-state index is -3.35. The summed E-state index contributed by atoms with van der Waals surface area (Å²) in [4.78, 5) is 19.7. The molecule has 0 radical (unpaired) electrons. The van der Waals surface area contributed by atoms with Crippen molar-refractivity contribution in [3.63, 3.8) is 0 Å². The molecular formula is C18H20N2O4S2. The topological polar surface area (TPSA) is 87.6 Å². The first kappa shape index (κ1) is 17.6. The van der Waals surface area contributed by atoms with Crippen LogP contribution >= 0.6 is 11.3 Å². The summed E-state index contributed by atoms with van der Waals surface area (Å²) in [6, 6.07) is 6.31. The Morgan fingerprint density at radius 3 is 2.73 bits per heavy atom. The van der Waals surface area contributed by atoms with Gasteiger partial charge >= 0.3 is 0 Å². The molecule has 2 aromatic rings. The zero-order chi connectivity index (χ0) is 18.3. The summed E-state index contributed by atoms with van der Waals surface area (Å²) in [5.74, 6) is -0.223. The fourth-order valence-corrected chi connectivity index (χ4v) is 6.07. The summed E-state index contributed by atoms with van der Waals surface area (Å²) in [6.07, 6.45) is 4.20. The van der Waals surface area contributed by atoms with E-state index in [2.05, 4.69) is 4.98 Å². The van der Waals surface area contributed by atoms with Crippen LogP contribution < -0.4 is 4.90 Å². The molecule has 0 unspecified atom stereocenters. The van der Waals surface area contributed by atoms with Crippen LogP contribution in [0.15, 0.2) is 35.4 Å². The van der Waals surface area contributed by atoms with Crippen molar-refractivity contribution >= 4 is 32.1 Å². The molecule has 1 N–H and O–H groups in total. The molecule has 0 spiro atoms. The number of hydrogen-bond acceptors (Lipinski definition) is 7. The molecule has 1 saturated carbocycles. The van der Waals surface area contributed by atoms with Gasteiger partial charge in [-0.25, -0.2) is 13.4 Å². The molecule has 1 aromatic carbocycles. The summed E-state index contributed by atoms with van der Waals surface area (Å²) in [5.41, 5.74) is 0.363. The highest BCUT2D eigenvalue weighted by Crippen LogP contribution is 2.32. The van der Waals surface area contributed by atoms with E-state index in [0.29, 0.717) is 41.4 Å². The number of rotatable bonds is 5. The summed E-state index contributed by atoms with van der Waals surface area (Å²) in [7, 11) is -3.35. The lowest BCUT2D eigenvalue weighted by molar-refractivity contribution is 0.104. The fourth-order valence-electron chi connectivity index (χ4n) is 3.26. The first-order valence-electron chi connectivity index (χ1n) is 8.72. The quantitative estimate of drug-likeness (QED) is 0.786. The van der Waals surface area contributed by atoms with Gasteiger partial charge in [-0.05, 0) is 31.4 Å². The molecule has 2 fully saturated rings. The van der Waals surface area contributed by atoms with Crippen molar-refractivity contribution in [2.75, 3.05) is 18.0 Å². The number of ketones is 1. The first-order valence-corrected chi connectivity index (χ1v) is 11.1. The number of carbonyl (C=O) groups excluding carboxylic acids is 1. The molecule has 8 heteroatoms. The Balaban J connectivity index is 1.57. The van der Waals surface area contributed by atoms with Gasteiger partial charge in [-0.1, -0.05) is 29.9 Å².